The Hall–Kier alpha value is -2.04. The van der Waals surface area contributed by atoms with Crippen LogP contribution in [-0.2, 0) is 14.4 Å². The van der Waals surface area contributed by atoms with E-state index in [1.807, 2.05) is 31.2 Å². The van der Waals surface area contributed by atoms with E-state index in [9.17, 15) is 13.7 Å². The Morgan fingerprint density at radius 3 is 2.52 bits per heavy atom. The van der Waals surface area contributed by atoms with Crippen LogP contribution in [0.1, 0.15) is 11.1 Å². The number of allylic oxidation sites excluding steroid dienone is 2. The molecule has 0 saturated heterocycles. The van der Waals surface area contributed by atoms with E-state index >= 15 is 0 Å². The molecule has 1 aliphatic rings. The van der Waals surface area contributed by atoms with Crippen molar-refractivity contribution in [3.8, 4) is 6.07 Å². The zero-order chi connectivity index (χ0) is 15.5. The predicted molar refractivity (Wildman–Crippen MR) is 83.8 cm³/mol. The topological polar surface area (TPSA) is 79.5 Å². The molecule has 108 valence electrons. The van der Waals surface area contributed by atoms with Crippen LogP contribution in [0, 0.1) is 18.3 Å². The summed E-state index contributed by atoms with van der Waals surface area (Å²) >= 11 is 1.19. The van der Waals surface area contributed by atoms with E-state index in [1.54, 1.807) is 12.2 Å². The van der Waals surface area contributed by atoms with E-state index in [2.05, 4.69) is 15.5 Å². The molecule has 0 amide bonds. The first-order valence-corrected chi connectivity index (χ1v) is 8.56. The van der Waals surface area contributed by atoms with E-state index in [1.165, 1.54) is 11.8 Å². The summed E-state index contributed by atoms with van der Waals surface area (Å²) in [5, 5.41) is 13.2. The monoisotopic (exact) mass is 320 g/mol. The van der Waals surface area contributed by atoms with Gasteiger partial charge in [0.25, 0.3) is 0 Å². The van der Waals surface area contributed by atoms with Crippen molar-refractivity contribution in [2.45, 2.75) is 6.92 Å². The van der Waals surface area contributed by atoms with Gasteiger partial charge in [-0.25, -0.2) is 0 Å². The minimum Gasteiger partial charge on any atom is -0.268 e. The van der Waals surface area contributed by atoms with Gasteiger partial charge in [0, 0.05) is 4.91 Å². The lowest BCUT2D eigenvalue weighted by molar-refractivity contribution is 0.345. The highest BCUT2D eigenvalue weighted by molar-refractivity contribution is 8.18. The van der Waals surface area contributed by atoms with Crippen LogP contribution in [0.4, 0.5) is 0 Å². The molecule has 0 aliphatic carbocycles. The lowest BCUT2D eigenvalue weighted by Gasteiger charge is -2.03. The Morgan fingerprint density at radius 1 is 1.29 bits per heavy atom. The molecule has 21 heavy (non-hydrogen) atoms. The highest BCUT2D eigenvalue weighted by atomic mass is 32.2. The fraction of sp³-hybridized carbons (Fsp3) is 0.143. The molecular formula is C14H12N2O3S2. The number of aryl methyl sites for hydroxylation is 1. The van der Waals surface area contributed by atoms with Crippen LogP contribution in [0.5, 0.6) is 0 Å². The van der Waals surface area contributed by atoms with E-state index in [0.717, 1.165) is 17.4 Å². The molecule has 0 unspecified atom stereocenters. The molecule has 1 heterocycles. The molecule has 5 nitrogen and oxygen atoms in total. The van der Waals surface area contributed by atoms with E-state index in [4.69, 9.17) is 0 Å². The number of hydrogen-bond acceptors (Lipinski definition) is 6. The van der Waals surface area contributed by atoms with Gasteiger partial charge in [0.2, 0.25) is 0 Å². The number of nitrogens with zero attached hydrogens (tertiary/aromatic N) is 2. The molecule has 0 bridgehead atoms. The Labute approximate surface area is 127 Å². The second-order valence-electron chi connectivity index (χ2n) is 4.36. The average molecular weight is 320 g/mol. The van der Waals surface area contributed by atoms with E-state index in [-0.39, 0.29) is 0 Å². The summed E-state index contributed by atoms with van der Waals surface area (Å²) in [5.41, 5.74) is 2.43. The summed E-state index contributed by atoms with van der Waals surface area (Å²) < 4.78 is 26.2. The first-order chi connectivity index (χ1) is 9.89. The molecule has 0 saturated carbocycles. The van der Waals surface area contributed by atoms with Gasteiger partial charge in [0.1, 0.15) is 11.1 Å². The number of nitriles is 1. The number of thioether (sulfide) groups is 1. The first-order valence-electron chi connectivity index (χ1n) is 5.93. The van der Waals surface area contributed by atoms with Crippen molar-refractivity contribution < 1.29 is 12.7 Å². The van der Waals surface area contributed by atoms with Crippen molar-refractivity contribution in [1.82, 2.24) is 0 Å². The summed E-state index contributed by atoms with van der Waals surface area (Å²) in [4.78, 5) is 0.706. The van der Waals surface area contributed by atoms with Crippen LogP contribution in [0.3, 0.4) is 0 Å². The zero-order valence-corrected chi connectivity index (χ0v) is 13.0. The lowest BCUT2D eigenvalue weighted by atomic mass is 10.1. The Morgan fingerprint density at radius 2 is 1.95 bits per heavy atom. The summed E-state index contributed by atoms with van der Waals surface area (Å²) in [5.74, 6) is 0. The van der Waals surface area contributed by atoms with Crippen molar-refractivity contribution >= 4 is 32.5 Å². The molecule has 1 aliphatic heterocycles. The molecule has 1 aromatic carbocycles. The lowest BCUT2D eigenvalue weighted by Crippen LogP contribution is -1.98. The van der Waals surface area contributed by atoms with E-state index < -0.39 is 10.1 Å². The SMILES string of the molecule is Cc1ccc(C(C#N)=C2C=CC(=NOS(C)(=O)=O)S2)cc1. The normalized spacial score (nSPS) is 18.6. The summed E-state index contributed by atoms with van der Waals surface area (Å²) in [6.45, 7) is 1.97. The van der Waals surface area contributed by atoms with E-state index in [0.29, 0.717) is 15.5 Å². The van der Waals surface area contributed by atoms with Gasteiger partial charge in [0.05, 0.1) is 11.8 Å². The van der Waals surface area contributed by atoms with Crippen molar-refractivity contribution in [1.29, 1.82) is 5.26 Å². The van der Waals surface area contributed by atoms with Gasteiger partial charge in [-0.15, -0.1) is 0 Å². The molecule has 0 N–H and O–H groups in total. The minimum atomic E-state index is -3.63. The highest BCUT2D eigenvalue weighted by Gasteiger charge is 2.16. The van der Waals surface area contributed by atoms with Crippen LogP contribution >= 0.6 is 11.8 Å². The van der Waals surface area contributed by atoms with Crippen LogP contribution in [0.2, 0.25) is 0 Å². The third-order valence-corrected chi connectivity index (χ3v) is 3.88. The van der Waals surface area contributed by atoms with Gasteiger partial charge in [-0.1, -0.05) is 46.7 Å². The van der Waals surface area contributed by atoms with Gasteiger partial charge in [0.15, 0.2) is 0 Å². The molecule has 0 aromatic heterocycles. The quantitative estimate of drug-likeness (QED) is 0.632. The van der Waals surface area contributed by atoms with Crippen molar-refractivity contribution in [3.05, 3.63) is 52.4 Å². The second-order valence-corrected chi connectivity index (χ2v) is 6.98. The molecule has 7 heteroatoms. The zero-order valence-electron chi connectivity index (χ0n) is 11.4. The van der Waals surface area contributed by atoms with Crippen LogP contribution in [0.15, 0.2) is 46.5 Å². The van der Waals surface area contributed by atoms with Gasteiger partial charge < -0.3 is 0 Å². The predicted octanol–water partition coefficient (Wildman–Crippen LogP) is 2.82. The Kier molecular flexibility index (Phi) is 4.50. The van der Waals surface area contributed by atoms with Crippen LogP contribution in [0.25, 0.3) is 5.57 Å². The summed E-state index contributed by atoms with van der Waals surface area (Å²) in [7, 11) is -3.63. The number of oxime groups is 1. The maximum Gasteiger partial charge on any atom is 0.325 e. The van der Waals surface area contributed by atoms with Gasteiger partial charge in [-0.2, -0.15) is 13.7 Å². The maximum absolute atomic E-state index is 10.9. The fourth-order valence-corrected chi connectivity index (χ4v) is 2.70. The van der Waals surface area contributed by atoms with Gasteiger partial charge >= 0.3 is 10.1 Å². The largest absolute Gasteiger partial charge is 0.325 e. The number of hydrogen-bond donors (Lipinski definition) is 0. The minimum absolute atomic E-state index is 0.385. The fourth-order valence-electron chi connectivity index (χ4n) is 1.60. The third kappa shape index (κ3) is 4.21. The van der Waals surface area contributed by atoms with Crippen LogP contribution in [-0.4, -0.2) is 19.7 Å². The Bertz CT molecular complexity index is 783. The smallest absolute Gasteiger partial charge is 0.268 e. The molecule has 0 radical (unpaired) electrons. The van der Waals surface area contributed by atoms with Crippen molar-refractivity contribution in [3.63, 3.8) is 0 Å². The molecule has 1 aromatic rings. The van der Waals surface area contributed by atoms with Crippen molar-refractivity contribution in [2.75, 3.05) is 6.26 Å². The molecule has 2 rings (SSSR count). The molecular weight excluding hydrogens is 308 g/mol. The first kappa shape index (κ1) is 15.4. The highest BCUT2D eigenvalue weighted by Crippen LogP contribution is 2.33. The summed E-state index contributed by atoms with van der Waals surface area (Å²) in [6.07, 6.45) is 4.24. The standard InChI is InChI=1S/C14H12N2O3S2/c1-10-3-5-11(6-4-10)12(9-15)13-7-8-14(20-13)16-19-21(2,17)18/h3-8H,1-2H3. The molecule has 0 atom stereocenters. The third-order valence-electron chi connectivity index (χ3n) is 2.55. The number of benzene rings is 1. The number of rotatable bonds is 3. The Balaban J connectivity index is 2.27. The summed E-state index contributed by atoms with van der Waals surface area (Å²) in [6, 6.07) is 9.77. The molecule has 0 fully saturated rings. The maximum atomic E-state index is 10.9. The average Bonchev–Trinajstić information content (AvgIpc) is 2.87. The van der Waals surface area contributed by atoms with Crippen LogP contribution < -0.4 is 0 Å². The second kappa shape index (κ2) is 6.16. The van der Waals surface area contributed by atoms with Gasteiger partial charge in [-0.3, -0.25) is 4.28 Å². The molecule has 0 spiro atoms. The van der Waals surface area contributed by atoms with Crippen molar-refractivity contribution in [2.24, 2.45) is 5.16 Å². The van der Waals surface area contributed by atoms with Gasteiger partial charge in [-0.05, 0) is 24.6 Å².